The topological polar surface area (TPSA) is 26.3 Å². The van der Waals surface area contributed by atoms with Crippen molar-refractivity contribution in [2.75, 3.05) is 0 Å². The Morgan fingerprint density at radius 3 is 1.75 bits per heavy atom. The number of furan rings is 2. The van der Waals surface area contributed by atoms with Crippen molar-refractivity contribution in [2.24, 2.45) is 0 Å². The molecule has 0 bridgehead atoms. The lowest BCUT2D eigenvalue weighted by Crippen LogP contribution is -1.90. The second kappa shape index (κ2) is 8.08. The number of para-hydroxylation sites is 1. The molecule has 0 saturated heterocycles. The summed E-state index contributed by atoms with van der Waals surface area (Å²) in [4.78, 5) is 0. The van der Waals surface area contributed by atoms with Crippen molar-refractivity contribution >= 4 is 65.2 Å². The van der Waals surface area contributed by atoms with E-state index < -0.39 is 0 Å². The number of rotatable bonds is 2. The molecule has 186 valence electrons. The van der Waals surface area contributed by atoms with Crippen LogP contribution in [0.4, 0.5) is 0 Å². The van der Waals surface area contributed by atoms with Gasteiger partial charge in [-0.2, -0.15) is 0 Å². The van der Waals surface area contributed by atoms with E-state index >= 15 is 0 Å². The minimum Gasteiger partial charge on any atom is -0.464 e. The second-order valence-corrected chi connectivity index (χ2v) is 10.5. The summed E-state index contributed by atoms with van der Waals surface area (Å²) in [6.45, 7) is 0. The molecule has 2 heterocycles. The van der Waals surface area contributed by atoms with E-state index in [-0.39, 0.29) is 0 Å². The number of hydrogen-bond acceptors (Lipinski definition) is 2. The van der Waals surface area contributed by atoms with Crippen LogP contribution in [0.5, 0.6) is 0 Å². The van der Waals surface area contributed by atoms with Crippen LogP contribution in [0.1, 0.15) is 0 Å². The maximum absolute atomic E-state index is 6.27. The van der Waals surface area contributed by atoms with Gasteiger partial charge in [0.05, 0.1) is 6.26 Å². The molecule has 0 fully saturated rings. The molecule has 9 aromatic rings. The summed E-state index contributed by atoms with van der Waals surface area (Å²) in [7, 11) is 0. The molecule has 2 nitrogen and oxygen atoms in total. The Morgan fingerprint density at radius 2 is 1.00 bits per heavy atom. The first-order valence-corrected chi connectivity index (χ1v) is 13.6. The smallest absolute Gasteiger partial charge is 0.136 e. The van der Waals surface area contributed by atoms with Crippen LogP contribution in [-0.2, 0) is 0 Å². The normalized spacial score (nSPS) is 12.0. The molecule has 0 atom stereocenters. The molecular weight excluding hydrogens is 488 g/mol. The molecule has 0 aliphatic carbocycles. The maximum Gasteiger partial charge on any atom is 0.136 e. The molecule has 40 heavy (non-hydrogen) atoms. The van der Waals surface area contributed by atoms with Crippen molar-refractivity contribution in [1.82, 2.24) is 0 Å². The highest BCUT2D eigenvalue weighted by molar-refractivity contribution is 6.28. The van der Waals surface area contributed by atoms with Crippen molar-refractivity contribution in [3.63, 3.8) is 0 Å². The van der Waals surface area contributed by atoms with Gasteiger partial charge in [-0.3, -0.25) is 0 Å². The van der Waals surface area contributed by atoms with E-state index in [9.17, 15) is 0 Å². The molecule has 0 radical (unpaired) electrons. The predicted molar refractivity (Wildman–Crippen MR) is 167 cm³/mol. The largest absolute Gasteiger partial charge is 0.464 e. The summed E-state index contributed by atoms with van der Waals surface area (Å²) >= 11 is 0. The van der Waals surface area contributed by atoms with Crippen molar-refractivity contribution in [2.45, 2.75) is 0 Å². The summed E-state index contributed by atoms with van der Waals surface area (Å²) in [5.74, 6) is 0. The first-order valence-electron chi connectivity index (χ1n) is 13.6. The van der Waals surface area contributed by atoms with Crippen molar-refractivity contribution in [3.05, 3.63) is 134 Å². The van der Waals surface area contributed by atoms with Crippen LogP contribution in [0, 0.1) is 0 Å². The third-order valence-corrected chi connectivity index (χ3v) is 8.32. The quantitative estimate of drug-likeness (QED) is 0.216. The van der Waals surface area contributed by atoms with Crippen LogP contribution >= 0.6 is 0 Å². The Hall–Kier alpha value is -5.34. The van der Waals surface area contributed by atoms with Crippen LogP contribution in [0.15, 0.2) is 142 Å². The molecule has 0 aliphatic rings. The Balaban J connectivity index is 1.45. The van der Waals surface area contributed by atoms with Crippen molar-refractivity contribution in [1.29, 1.82) is 0 Å². The van der Waals surface area contributed by atoms with Gasteiger partial charge in [0, 0.05) is 27.3 Å². The highest BCUT2D eigenvalue weighted by Crippen LogP contribution is 2.48. The minimum atomic E-state index is 0.862. The first-order chi connectivity index (χ1) is 19.8. The highest BCUT2D eigenvalue weighted by atomic mass is 16.3. The number of benzene rings is 7. The number of fused-ring (bicyclic) bond motifs is 8. The summed E-state index contributed by atoms with van der Waals surface area (Å²) in [6, 6.07) is 45.2. The van der Waals surface area contributed by atoms with Crippen LogP contribution in [0.3, 0.4) is 0 Å². The first kappa shape index (κ1) is 21.6. The Bertz CT molecular complexity index is 2380. The fraction of sp³-hybridized carbons (Fsp3) is 0. The van der Waals surface area contributed by atoms with Crippen LogP contribution < -0.4 is 0 Å². The fourth-order valence-electron chi connectivity index (χ4n) is 6.60. The van der Waals surface area contributed by atoms with Crippen molar-refractivity contribution in [3.8, 4) is 22.3 Å². The predicted octanol–water partition coefficient (Wildman–Crippen LogP) is 11.1. The van der Waals surface area contributed by atoms with Gasteiger partial charge < -0.3 is 8.83 Å². The lowest BCUT2D eigenvalue weighted by atomic mass is 9.85. The van der Waals surface area contributed by atoms with E-state index in [4.69, 9.17) is 8.83 Å². The molecule has 0 N–H and O–H groups in total. The van der Waals surface area contributed by atoms with Gasteiger partial charge in [-0.05, 0) is 67.7 Å². The highest BCUT2D eigenvalue weighted by Gasteiger charge is 2.22. The standard InChI is InChI=1S/C38H22O2/c1-2-10-24-21-25(18-17-23(24)9-1)35-26-11-3-5-13-28(26)36(29-14-6-4-12-27(29)35)31-22-39-33-19-20-34-37(38(31)33)30-15-7-8-16-32(30)40-34/h1-22H. The zero-order chi connectivity index (χ0) is 26.2. The van der Waals surface area contributed by atoms with E-state index in [2.05, 4.69) is 103 Å². The van der Waals surface area contributed by atoms with Gasteiger partial charge in [-0.1, -0.05) is 103 Å². The summed E-state index contributed by atoms with van der Waals surface area (Å²) < 4.78 is 12.5. The fourth-order valence-corrected chi connectivity index (χ4v) is 6.60. The molecule has 0 amide bonds. The van der Waals surface area contributed by atoms with Crippen LogP contribution in [-0.4, -0.2) is 0 Å². The van der Waals surface area contributed by atoms with Gasteiger partial charge in [-0.15, -0.1) is 0 Å². The summed E-state index contributed by atoms with van der Waals surface area (Å²) in [5.41, 5.74) is 7.37. The summed E-state index contributed by atoms with van der Waals surface area (Å²) in [5, 5.41) is 10.7. The van der Waals surface area contributed by atoms with E-state index in [0.717, 1.165) is 38.5 Å². The molecule has 9 rings (SSSR count). The molecular formula is C38H22O2. The van der Waals surface area contributed by atoms with Gasteiger partial charge in [0.2, 0.25) is 0 Å². The van der Waals surface area contributed by atoms with Gasteiger partial charge in [0.15, 0.2) is 0 Å². The molecule has 0 aliphatic heterocycles. The SMILES string of the molecule is c1ccc2cc(-c3c4ccccc4c(-c4coc5ccc6oc7ccccc7c6c45)c4ccccc34)ccc2c1. The van der Waals surface area contributed by atoms with Gasteiger partial charge >= 0.3 is 0 Å². The van der Waals surface area contributed by atoms with Crippen LogP contribution in [0.2, 0.25) is 0 Å². The second-order valence-electron chi connectivity index (χ2n) is 10.5. The molecule has 0 spiro atoms. The van der Waals surface area contributed by atoms with E-state index in [0.29, 0.717) is 0 Å². The minimum absolute atomic E-state index is 0.862. The third kappa shape index (κ3) is 2.93. The van der Waals surface area contributed by atoms with Crippen molar-refractivity contribution < 1.29 is 8.83 Å². The third-order valence-electron chi connectivity index (χ3n) is 8.32. The zero-order valence-electron chi connectivity index (χ0n) is 21.5. The van der Waals surface area contributed by atoms with E-state index in [1.807, 2.05) is 30.5 Å². The Kier molecular flexibility index (Phi) is 4.36. The van der Waals surface area contributed by atoms with Gasteiger partial charge in [0.1, 0.15) is 16.7 Å². The average Bonchev–Trinajstić information content (AvgIpc) is 3.61. The van der Waals surface area contributed by atoms with Gasteiger partial charge in [-0.25, -0.2) is 0 Å². The molecule has 0 saturated carbocycles. The molecule has 2 aromatic heterocycles. The molecule has 2 heteroatoms. The number of hydrogen-bond donors (Lipinski definition) is 0. The van der Waals surface area contributed by atoms with E-state index in [1.165, 1.54) is 49.0 Å². The van der Waals surface area contributed by atoms with Crippen LogP contribution in [0.25, 0.3) is 87.5 Å². The Labute approximate surface area is 229 Å². The van der Waals surface area contributed by atoms with E-state index in [1.54, 1.807) is 0 Å². The average molecular weight is 511 g/mol. The zero-order valence-corrected chi connectivity index (χ0v) is 21.5. The molecule has 7 aromatic carbocycles. The molecule has 0 unspecified atom stereocenters. The van der Waals surface area contributed by atoms with Gasteiger partial charge in [0.25, 0.3) is 0 Å². The monoisotopic (exact) mass is 510 g/mol. The maximum atomic E-state index is 6.27. The Morgan fingerprint density at radius 1 is 0.400 bits per heavy atom. The lowest BCUT2D eigenvalue weighted by molar-refractivity contribution is 0.616. The summed E-state index contributed by atoms with van der Waals surface area (Å²) in [6.07, 6.45) is 1.93. The lowest BCUT2D eigenvalue weighted by Gasteiger charge is -2.17.